The predicted molar refractivity (Wildman–Crippen MR) is 121 cm³/mol. The highest BCUT2D eigenvalue weighted by Gasteiger charge is 2.25. The van der Waals surface area contributed by atoms with Crippen molar-refractivity contribution in [2.75, 3.05) is 26.2 Å². The predicted octanol–water partition coefficient (Wildman–Crippen LogP) is 3.08. The maximum atomic E-state index is 11.8. The van der Waals surface area contributed by atoms with E-state index < -0.39 is 0 Å². The van der Waals surface area contributed by atoms with Crippen LogP contribution in [0, 0.1) is 2.88 Å². The van der Waals surface area contributed by atoms with Gasteiger partial charge in [0.25, 0.3) is 0 Å². The maximum Gasteiger partial charge on any atom is 0.222 e. The number of nitrogens with zero attached hydrogens (tertiary/aromatic N) is 2. The molecule has 1 fully saturated rings. The van der Waals surface area contributed by atoms with Crippen LogP contribution in [0.1, 0.15) is 31.6 Å². The first-order valence-corrected chi connectivity index (χ1v) is 10.1. The molecule has 0 spiro atoms. The lowest BCUT2D eigenvalue weighted by atomic mass is 10.3. The fourth-order valence-electron chi connectivity index (χ4n) is 2.61. The van der Waals surface area contributed by atoms with Crippen molar-refractivity contribution in [2.24, 2.45) is 4.99 Å². The molecular weight excluding hydrogens is 550 g/mol. The fraction of sp³-hybridized carbons (Fsp3) is 0.625. The molecule has 1 unspecified atom stereocenters. The molecule has 1 amide bonds. The number of hydrogen-bond acceptors (Lipinski definition) is 3. The lowest BCUT2D eigenvalue weighted by molar-refractivity contribution is -0.129. The molecule has 1 saturated heterocycles. The van der Waals surface area contributed by atoms with Crippen molar-refractivity contribution in [3.05, 3.63) is 19.9 Å². The Hall–Kier alpha value is -0.100. The SMILES string of the molecule is CCNC(=NCCc1ccc(I)s1)NC1CCN(C(=O)CC)C1.I. The number of thiophene rings is 1. The summed E-state index contributed by atoms with van der Waals surface area (Å²) in [6.07, 6.45) is 2.54. The molecule has 0 aliphatic carbocycles. The van der Waals surface area contributed by atoms with Crippen LogP contribution < -0.4 is 10.6 Å². The van der Waals surface area contributed by atoms with Crippen LogP contribution in [0.15, 0.2) is 17.1 Å². The molecule has 1 atom stereocenters. The fourth-order valence-corrected chi connectivity index (χ4v) is 4.35. The zero-order valence-corrected chi connectivity index (χ0v) is 19.5. The topological polar surface area (TPSA) is 56.7 Å². The van der Waals surface area contributed by atoms with E-state index in [1.165, 1.54) is 7.76 Å². The first-order valence-electron chi connectivity index (χ1n) is 8.19. The minimum atomic E-state index is 0. The van der Waals surface area contributed by atoms with Gasteiger partial charge in [0.05, 0.1) is 2.88 Å². The number of amides is 1. The Morgan fingerprint density at radius 1 is 1.46 bits per heavy atom. The number of guanidine groups is 1. The number of rotatable bonds is 6. The second-order valence-electron chi connectivity index (χ2n) is 5.54. The largest absolute Gasteiger partial charge is 0.357 e. The Labute approximate surface area is 179 Å². The van der Waals surface area contributed by atoms with Crippen LogP contribution in [0.25, 0.3) is 0 Å². The number of likely N-dealkylation sites (tertiary alicyclic amines) is 1. The van der Waals surface area contributed by atoms with Crippen molar-refractivity contribution in [1.82, 2.24) is 15.5 Å². The molecule has 1 aromatic rings. The molecule has 24 heavy (non-hydrogen) atoms. The van der Waals surface area contributed by atoms with Crippen LogP contribution in [0.3, 0.4) is 0 Å². The summed E-state index contributed by atoms with van der Waals surface area (Å²) in [5, 5.41) is 6.76. The molecule has 1 aliphatic heterocycles. The van der Waals surface area contributed by atoms with Gasteiger partial charge in [0.1, 0.15) is 0 Å². The van der Waals surface area contributed by atoms with Gasteiger partial charge in [0.15, 0.2) is 5.96 Å². The van der Waals surface area contributed by atoms with Crippen molar-refractivity contribution in [1.29, 1.82) is 0 Å². The number of carbonyl (C=O) groups excluding carboxylic acids is 1. The molecule has 0 saturated carbocycles. The van der Waals surface area contributed by atoms with Gasteiger partial charge in [-0.05, 0) is 48.1 Å². The second kappa shape index (κ2) is 11.5. The van der Waals surface area contributed by atoms with Crippen LogP contribution in [0.4, 0.5) is 0 Å². The molecule has 8 heteroatoms. The van der Waals surface area contributed by atoms with Crippen molar-refractivity contribution in [3.8, 4) is 0 Å². The van der Waals surface area contributed by atoms with Gasteiger partial charge in [-0.15, -0.1) is 35.3 Å². The third kappa shape index (κ3) is 7.03. The lowest BCUT2D eigenvalue weighted by Crippen LogP contribution is -2.45. The molecule has 1 aliphatic rings. The molecular formula is C16H26I2N4OS. The van der Waals surface area contributed by atoms with Gasteiger partial charge >= 0.3 is 0 Å². The molecule has 2 rings (SSSR count). The number of hydrogen-bond donors (Lipinski definition) is 2. The standard InChI is InChI=1S/C16H25IN4OS.HI/c1-3-15(22)21-10-8-12(11-21)20-16(18-4-2)19-9-7-13-5-6-14(17)23-13;/h5-6,12H,3-4,7-11H2,1-2H3,(H2,18,19,20);1H. The van der Waals surface area contributed by atoms with Gasteiger partial charge in [-0.3, -0.25) is 9.79 Å². The van der Waals surface area contributed by atoms with E-state index in [1.807, 2.05) is 23.2 Å². The van der Waals surface area contributed by atoms with Crippen molar-refractivity contribution in [3.63, 3.8) is 0 Å². The number of aliphatic imine (C=N–C) groups is 1. The molecule has 136 valence electrons. The minimum absolute atomic E-state index is 0. The normalized spacial score (nSPS) is 17.5. The molecule has 2 N–H and O–H groups in total. The van der Waals surface area contributed by atoms with Gasteiger partial charge in [0, 0.05) is 49.9 Å². The number of nitrogens with one attached hydrogen (secondary N) is 2. The van der Waals surface area contributed by atoms with Crippen LogP contribution in [-0.2, 0) is 11.2 Å². The molecule has 1 aromatic heterocycles. The molecule has 0 bridgehead atoms. The molecule has 0 aromatic carbocycles. The number of carbonyl (C=O) groups is 1. The average molecular weight is 576 g/mol. The minimum Gasteiger partial charge on any atom is -0.357 e. The van der Waals surface area contributed by atoms with Gasteiger partial charge < -0.3 is 15.5 Å². The van der Waals surface area contributed by atoms with E-state index in [9.17, 15) is 4.79 Å². The smallest absolute Gasteiger partial charge is 0.222 e. The van der Waals surface area contributed by atoms with Crippen LogP contribution in [0.2, 0.25) is 0 Å². The molecule has 5 nitrogen and oxygen atoms in total. The van der Waals surface area contributed by atoms with E-state index in [-0.39, 0.29) is 29.9 Å². The van der Waals surface area contributed by atoms with E-state index in [0.717, 1.165) is 45.0 Å². The zero-order valence-electron chi connectivity index (χ0n) is 14.2. The van der Waals surface area contributed by atoms with Crippen LogP contribution in [-0.4, -0.2) is 49.0 Å². The summed E-state index contributed by atoms with van der Waals surface area (Å²) >= 11 is 4.17. The van der Waals surface area contributed by atoms with Gasteiger partial charge in [-0.25, -0.2) is 0 Å². The Kier molecular flexibility index (Phi) is 10.5. The highest BCUT2D eigenvalue weighted by molar-refractivity contribution is 14.1. The highest BCUT2D eigenvalue weighted by Crippen LogP contribution is 2.18. The monoisotopic (exact) mass is 576 g/mol. The van der Waals surface area contributed by atoms with E-state index >= 15 is 0 Å². The Morgan fingerprint density at radius 3 is 2.88 bits per heavy atom. The van der Waals surface area contributed by atoms with E-state index in [4.69, 9.17) is 0 Å². The molecule has 2 heterocycles. The van der Waals surface area contributed by atoms with E-state index in [1.54, 1.807) is 0 Å². The summed E-state index contributed by atoms with van der Waals surface area (Å²) in [5.41, 5.74) is 0. The van der Waals surface area contributed by atoms with Gasteiger partial charge in [0.2, 0.25) is 5.91 Å². The van der Waals surface area contributed by atoms with Crippen LogP contribution >= 0.6 is 57.9 Å². The molecule has 0 radical (unpaired) electrons. The zero-order chi connectivity index (χ0) is 16.7. The Bertz CT molecular complexity index is 550. The maximum absolute atomic E-state index is 11.8. The average Bonchev–Trinajstić information content (AvgIpc) is 3.16. The number of halogens is 2. The van der Waals surface area contributed by atoms with E-state index in [2.05, 4.69) is 57.3 Å². The lowest BCUT2D eigenvalue weighted by Gasteiger charge is -2.18. The van der Waals surface area contributed by atoms with Crippen molar-refractivity contribution in [2.45, 2.75) is 39.2 Å². The summed E-state index contributed by atoms with van der Waals surface area (Å²) in [7, 11) is 0. The quantitative estimate of drug-likeness (QED) is 0.311. The van der Waals surface area contributed by atoms with E-state index in [0.29, 0.717) is 12.5 Å². The first kappa shape index (κ1) is 21.9. The summed E-state index contributed by atoms with van der Waals surface area (Å²) in [6.45, 7) is 7.22. The van der Waals surface area contributed by atoms with Gasteiger partial charge in [-0.2, -0.15) is 0 Å². The Balaban J connectivity index is 0.00000288. The third-order valence-electron chi connectivity index (χ3n) is 3.79. The first-order chi connectivity index (χ1) is 11.1. The third-order valence-corrected chi connectivity index (χ3v) is 5.74. The summed E-state index contributed by atoms with van der Waals surface area (Å²) in [5.74, 6) is 1.10. The van der Waals surface area contributed by atoms with Crippen LogP contribution in [0.5, 0.6) is 0 Å². The Morgan fingerprint density at radius 2 is 2.25 bits per heavy atom. The highest BCUT2D eigenvalue weighted by atomic mass is 127. The van der Waals surface area contributed by atoms with Gasteiger partial charge in [-0.1, -0.05) is 6.92 Å². The van der Waals surface area contributed by atoms with Crippen molar-refractivity contribution >= 4 is 69.8 Å². The summed E-state index contributed by atoms with van der Waals surface area (Å²) in [4.78, 5) is 19.7. The second-order valence-corrected chi connectivity index (χ2v) is 8.60. The summed E-state index contributed by atoms with van der Waals surface area (Å²) < 4.78 is 1.32. The summed E-state index contributed by atoms with van der Waals surface area (Å²) in [6, 6.07) is 4.62. The van der Waals surface area contributed by atoms with Crippen molar-refractivity contribution < 1.29 is 4.79 Å².